The Morgan fingerprint density at radius 3 is 2.88 bits per heavy atom. The maximum atomic E-state index is 12.7. The quantitative estimate of drug-likeness (QED) is 0.895. The summed E-state index contributed by atoms with van der Waals surface area (Å²) in [6.45, 7) is 6.53. The first-order chi connectivity index (χ1) is 12.0. The zero-order valence-corrected chi connectivity index (χ0v) is 14.4. The van der Waals surface area contributed by atoms with Crippen LogP contribution in [0.4, 0.5) is 11.5 Å². The molecule has 0 bridgehead atoms. The van der Waals surface area contributed by atoms with Crippen molar-refractivity contribution in [1.29, 1.82) is 0 Å². The van der Waals surface area contributed by atoms with E-state index in [2.05, 4.69) is 15.3 Å². The lowest BCUT2D eigenvalue weighted by atomic mass is 10.00. The van der Waals surface area contributed by atoms with Crippen molar-refractivity contribution in [2.45, 2.75) is 45.8 Å². The van der Waals surface area contributed by atoms with Crippen LogP contribution in [0.5, 0.6) is 0 Å². The fourth-order valence-electron chi connectivity index (χ4n) is 3.35. The molecule has 1 aromatic heterocycles. The zero-order valence-electron chi connectivity index (χ0n) is 14.4. The molecule has 0 amide bonds. The highest BCUT2D eigenvalue weighted by Gasteiger charge is 2.29. The molecule has 3 aliphatic rings. The Morgan fingerprint density at radius 1 is 1.28 bits per heavy atom. The monoisotopic (exact) mass is 343 g/mol. The minimum atomic E-state index is -0.164. The van der Waals surface area contributed by atoms with Crippen molar-refractivity contribution in [2.24, 2.45) is 9.98 Å². The van der Waals surface area contributed by atoms with Crippen LogP contribution in [0.15, 0.2) is 26.6 Å². The van der Waals surface area contributed by atoms with E-state index in [4.69, 9.17) is 4.74 Å². The number of carbonyl (C=O) groups is 1. The van der Waals surface area contributed by atoms with Crippen LogP contribution in [-0.2, 0) is 22.6 Å². The Hall–Kier alpha value is -2.64. The number of anilines is 1. The third kappa shape index (κ3) is 2.71. The SMILES string of the molecule is CC(C)Nc1c(N=C2C=C3OCCN=C3CC2=O)c(=O)n2n1CCC2. The summed E-state index contributed by atoms with van der Waals surface area (Å²) < 4.78 is 9.19. The Kier molecular flexibility index (Phi) is 3.82. The van der Waals surface area contributed by atoms with Crippen molar-refractivity contribution in [3.63, 3.8) is 0 Å². The molecule has 1 N–H and O–H groups in total. The predicted octanol–water partition coefficient (Wildman–Crippen LogP) is 1.27. The van der Waals surface area contributed by atoms with E-state index in [0.717, 1.165) is 13.0 Å². The normalized spacial score (nSPS) is 20.9. The smallest absolute Gasteiger partial charge is 0.294 e. The van der Waals surface area contributed by atoms with E-state index in [0.29, 0.717) is 42.7 Å². The van der Waals surface area contributed by atoms with Gasteiger partial charge in [-0.3, -0.25) is 19.3 Å². The van der Waals surface area contributed by atoms with E-state index >= 15 is 0 Å². The number of rotatable bonds is 3. The molecule has 0 spiro atoms. The van der Waals surface area contributed by atoms with Gasteiger partial charge in [0.2, 0.25) is 0 Å². The number of nitrogens with zero attached hydrogens (tertiary/aromatic N) is 4. The van der Waals surface area contributed by atoms with Gasteiger partial charge in [0, 0.05) is 25.2 Å². The molecule has 0 aromatic carbocycles. The summed E-state index contributed by atoms with van der Waals surface area (Å²) in [5.41, 5.74) is 1.06. The second-order valence-corrected chi connectivity index (χ2v) is 6.68. The third-order valence-corrected chi connectivity index (χ3v) is 4.43. The molecule has 0 saturated heterocycles. The highest BCUT2D eigenvalue weighted by atomic mass is 16.5. The molecule has 132 valence electrons. The number of ether oxygens (including phenoxy) is 1. The third-order valence-electron chi connectivity index (χ3n) is 4.43. The van der Waals surface area contributed by atoms with Crippen LogP contribution < -0.4 is 10.9 Å². The van der Waals surface area contributed by atoms with Crippen LogP contribution in [0.2, 0.25) is 0 Å². The van der Waals surface area contributed by atoms with Crippen LogP contribution in [-0.4, -0.2) is 45.8 Å². The van der Waals surface area contributed by atoms with Gasteiger partial charge in [0.25, 0.3) is 5.56 Å². The molecule has 1 aromatic rings. The number of carbonyl (C=O) groups excluding carboxylic acids is 1. The van der Waals surface area contributed by atoms with Gasteiger partial charge in [-0.25, -0.2) is 9.67 Å². The fraction of sp³-hybridized carbons (Fsp3) is 0.529. The number of aliphatic imine (C=N–C) groups is 2. The molecule has 0 fully saturated rings. The molecule has 8 nitrogen and oxygen atoms in total. The summed E-state index contributed by atoms with van der Waals surface area (Å²) in [6, 6.07) is 0.152. The van der Waals surface area contributed by atoms with Crippen LogP contribution in [0.3, 0.4) is 0 Å². The second-order valence-electron chi connectivity index (χ2n) is 6.68. The van der Waals surface area contributed by atoms with E-state index in [1.54, 1.807) is 10.8 Å². The molecule has 8 heteroatoms. The van der Waals surface area contributed by atoms with Crippen molar-refractivity contribution >= 4 is 28.7 Å². The van der Waals surface area contributed by atoms with Gasteiger partial charge in [-0.05, 0) is 20.3 Å². The Balaban J connectivity index is 1.81. The average molecular weight is 343 g/mol. The molecule has 1 aliphatic carbocycles. The number of hydrogen-bond acceptors (Lipinski definition) is 6. The highest BCUT2D eigenvalue weighted by molar-refractivity contribution is 6.50. The molecule has 2 aliphatic heterocycles. The van der Waals surface area contributed by atoms with Gasteiger partial charge in [-0.1, -0.05) is 0 Å². The average Bonchev–Trinajstić information content (AvgIpc) is 3.14. The summed E-state index contributed by atoms with van der Waals surface area (Å²) in [6.07, 6.45) is 2.71. The van der Waals surface area contributed by atoms with Crippen molar-refractivity contribution in [2.75, 3.05) is 18.5 Å². The van der Waals surface area contributed by atoms with Crippen molar-refractivity contribution in [3.05, 3.63) is 22.2 Å². The van der Waals surface area contributed by atoms with Crippen molar-refractivity contribution < 1.29 is 9.53 Å². The Morgan fingerprint density at radius 2 is 2.08 bits per heavy atom. The van der Waals surface area contributed by atoms with E-state index in [-0.39, 0.29) is 29.5 Å². The Labute approximate surface area is 144 Å². The molecule has 0 atom stereocenters. The molecule has 4 rings (SSSR count). The largest absolute Gasteiger partial charge is 0.490 e. The standard InChI is InChI=1S/C17H21N5O3/c1-10(2)19-16-15(17(24)22-6-3-5-21(16)22)20-11-9-14-12(8-13(11)23)18-4-7-25-14/h9-10,19H,3-8H2,1-2H3. The van der Waals surface area contributed by atoms with Crippen LogP contribution >= 0.6 is 0 Å². The minimum Gasteiger partial charge on any atom is -0.490 e. The number of allylic oxidation sites excluding steroid dienone is 2. The lowest BCUT2D eigenvalue weighted by Crippen LogP contribution is -2.28. The summed E-state index contributed by atoms with van der Waals surface area (Å²) in [7, 11) is 0. The molecule has 3 heterocycles. The van der Waals surface area contributed by atoms with E-state index in [9.17, 15) is 9.59 Å². The van der Waals surface area contributed by atoms with Crippen LogP contribution in [0.25, 0.3) is 0 Å². The number of Topliss-reactive ketones (excluding diaryl/α,β-unsaturated/α-hetero) is 1. The van der Waals surface area contributed by atoms with Crippen LogP contribution in [0, 0.1) is 0 Å². The number of hydrogen-bond donors (Lipinski definition) is 1. The van der Waals surface area contributed by atoms with Gasteiger partial charge in [0.1, 0.15) is 18.1 Å². The first-order valence-corrected chi connectivity index (χ1v) is 8.65. The van der Waals surface area contributed by atoms with E-state index in [1.807, 2.05) is 18.5 Å². The van der Waals surface area contributed by atoms with Crippen LogP contribution in [0.1, 0.15) is 26.7 Å². The number of nitrogens with one attached hydrogen (secondary N) is 1. The molecule has 0 radical (unpaired) electrons. The topological polar surface area (TPSA) is 90.0 Å². The molecular weight excluding hydrogens is 322 g/mol. The number of ketones is 1. The zero-order chi connectivity index (χ0) is 17.6. The van der Waals surface area contributed by atoms with Gasteiger partial charge in [0.15, 0.2) is 17.3 Å². The van der Waals surface area contributed by atoms with Gasteiger partial charge >= 0.3 is 0 Å². The van der Waals surface area contributed by atoms with Gasteiger partial charge < -0.3 is 10.1 Å². The summed E-state index contributed by atoms with van der Waals surface area (Å²) >= 11 is 0. The maximum Gasteiger partial charge on any atom is 0.294 e. The van der Waals surface area contributed by atoms with E-state index in [1.165, 1.54) is 0 Å². The summed E-state index contributed by atoms with van der Waals surface area (Å²) in [5.74, 6) is 1.13. The number of fused-ring (bicyclic) bond motifs is 2. The van der Waals surface area contributed by atoms with E-state index < -0.39 is 0 Å². The first kappa shape index (κ1) is 15.9. The van der Waals surface area contributed by atoms with Gasteiger partial charge in [-0.15, -0.1) is 0 Å². The molecule has 25 heavy (non-hydrogen) atoms. The molecule has 0 unspecified atom stereocenters. The van der Waals surface area contributed by atoms with Gasteiger partial charge in [-0.2, -0.15) is 0 Å². The molecular formula is C17H21N5O3. The van der Waals surface area contributed by atoms with Crippen molar-refractivity contribution in [1.82, 2.24) is 9.36 Å². The summed E-state index contributed by atoms with van der Waals surface area (Å²) in [5, 5.41) is 3.30. The fourth-order valence-corrected chi connectivity index (χ4v) is 3.35. The predicted molar refractivity (Wildman–Crippen MR) is 95.1 cm³/mol. The lowest BCUT2D eigenvalue weighted by molar-refractivity contribution is -0.112. The van der Waals surface area contributed by atoms with Gasteiger partial charge in [0.05, 0.1) is 18.7 Å². The Bertz CT molecular complexity index is 885. The maximum absolute atomic E-state index is 12.7. The minimum absolute atomic E-state index is 0.140. The number of aromatic nitrogens is 2. The first-order valence-electron chi connectivity index (χ1n) is 8.65. The molecule has 0 saturated carbocycles. The van der Waals surface area contributed by atoms with Crippen molar-refractivity contribution in [3.8, 4) is 0 Å². The summed E-state index contributed by atoms with van der Waals surface area (Å²) in [4.78, 5) is 33.9. The highest BCUT2D eigenvalue weighted by Crippen LogP contribution is 2.27. The lowest BCUT2D eigenvalue weighted by Gasteiger charge is -2.20. The second kappa shape index (κ2) is 6.02.